The molecule has 0 spiro atoms. The molecule has 0 aromatic rings. The van der Waals surface area contributed by atoms with Gasteiger partial charge in [-0.25, -0.2) is 0 Å². The van der Waals surface area contributed by atoms with E-state index in [0.717, 1.165) is 38.5 Å². The van der Waals surface area contributed by atoms with Crippen LogP contribution in [0.4, 0.5) is 0 Å². The molecule has 0 aliphatic rings. The summed E-state index contributed by atoms with van der Waals surface area (Å²) in [4.78, 5) is 21.6. The van der Waals surface area contributed by atoms with E-state index in [9.17, 15) is 9.59 Å². The standard InChI is InChI=1S/C21H34O4/c1-16(2)10-8-12-18(4)14-9-13-17(3)11-6-5-7-15-19(20(22)23)21(24)25/h10-11,14,19H,5-9,12-13,15H2,1-4H3,(H,22,23)(H,24,25). The first kappa shape index (κ1) is 23.2. The predicted molar refractivity (Wildman–Crippen MR) is 103 cm³/mol. The molecule has 0 atom stereocenters. The van der Waals surface area contributed by atoms with Gasteiger partial charge in [0.2, 0.25) is 0 Å². The Kier molecular flexibility index (Phi) is 12.5. The molecule has 25 heavy (non-hydrogen) atoms. The lowest BCUT2D eigenvalue weighted by Gasteiger charge is -2.06. The fourth-order valence-corrected chi connectivity index (χ4v) is 2.53. The zero-order chi connectivity index (χ0) is 19.2. The topological polar surface area (TPSA) is 74.6 Å². The molecule has 0 amide bonds. The van der Waals surface area contributed by atoms with Crippen LogP contribution >= 0.6 is 0 Å². The minimum Gasteiger partial charge on any atom is -0.481 e. The van der Waals surface area contributed by atoms with Crippen molar-refractivity contribution in [2.24, 2.45) is 5.92 Å². The summed E-state index contributed by atoms with van der Waals surface area (Å²) in [6.45, 7) is 8.54. The van der Waals surface area contributed by atoms with Gasteiger partial charge in [-0.05, 0) is 72.6 Å². The fraction of sp³-hybridized carbons (Fsp3) is 0.619. The Hall–Kier alpha value is -1.84. The zero-order valence-corrected chi connectivity index (χ0v) is 16.2. The van der Waals surface area contributed by atoms with Crippen molar-refractivity contribution in [1.82, 2.24) is 0 Å². The maximum absolute atomic E-state index is 10.8. The normalized spacial score (nSPS) is 12.4. The molecule has 0 aliphatic carbocycles. The summed E-state index contributed by atoms with van der Waals surface area (Å²) in [5, 5.41) is 17.6. The van der Waals surface area contributed by atoms with Gasteiger partial charge in [-0.2, -0.15) is 0 Å². The Bertz CT molecular complexity index is 494. The number of allylic oxidation sites excluding steroid dienone is 6. The highest BCUT2D eigenvalue weighted by molar-refractivity contribution is 5.92. The van der Waals surface area contributed by atoms with E-state index in [2.05, 4.69) is 45.9 Å². The van der Waals surface area contributed by atoms with Crippen LogP contribution in [0.15, 0.2) is 34.9 Å². The van der Waals surface area contributed by atoms with Crippen LogP contribution in [0, 0.1) is 5.92 Å². The van der Waals surface area contributed by atoms with E-state index in [4.69, 9.17) is 10.2 Å². The summed E-state index contributed by atoms with van der Waals surface area (Å²) in [7, 11) is 0. The summed E-state index contributed by atoms with van der Waals surface area (Å²) in [6.07, 6.45) is 13.6. The van der Waals surface area contributed by atoms with Gasteiger partial charge in [-0.3, -0.25) is 9.59 Å². The van der Waals surface area contributed by atoms with Crippen LogP contribution in [-0.2, 0) is 9.59 Å². The average molecular weight is 350 g/mol. The molecule has 4 heteroatoms. The Morgan fingerprint density at radius 3 is 1.72 bits per heavy atom. The molecule has 0 aromatic heterocycles. The monoisotopic (exact) mass is 350 g/mol. The molecule has 0 heterocycles. The van der Waals surface area contributed by atoms with Gasteiger partial charge >= 0.3 is 11.9 Å². The third-order valence-electron chi connectivity index (χ3n) is 4.16. The van der Waals surface area contributed by atoms with Crippen molar-refractivity contribution in [3.05, 3.63) is 34.9 Å². The number of rotatable bonds is 13. The number of unbranched alkanes of at least 4 members (excludes halogenated alkanes) is 2. The van der Waals surface area contributed by atoms with Gasteiger partial charge in [0, 0.05) is 0 Å². The number of carbonyl (C=O) groups is 2. The van der Waals surface area contributed by atoms with Crippen LogP contribution < -0.4 is 0 Å². The van der Waals surface area contributed by atoms with Crippen LogP contribution in [-0.4, -0.2) is 22.2 Å². The molecular formula is C21H34O4. The van der Waals surface area contributed by atoms with E-state index in [1.165, 1.54) is 16.7 Å². The Morgan fingerprint density at radius 1 is 0.760 bits per heavy atom. The van der Waals surface area contributed by atoms with Gasteiger partial charge in [0.1, 0.15) is 0 Å². The van der Waals surface area contributed by atoms with E-state index in [0.29, 0.717) is 6.42 Å². The third-order valence-corrected chi connectivity index (χ3v) is 4.16. The summed E-state index contributed by atoms with van der Waals surface area (Å²) in [5.41, 5.74) is 4.13. The maximum Gasteiger partial charge on any atom is 0.317 e. The molecule has 142 valence electrons. The SMILES string of the molecule is CC(C)=CCCC(C)=CCCC(C)=CCCCCC(C(=O)O)C(=O)O. The van der Waals surface area contributed by atoms with E-state index in [1.807, 2.05) is 0 Å². The van der Waals surface area contributed by atoms with Gasteiger partial charge in [-0.15, -0.1) is 0 Å². The lowest BCUT2D eigenvalue weighted by atomic mass is 10.0. The molecule has 0 saturated carbocycles. The van der Waals surface area contributed by atoms with E-state index < -0.39 is 17.9 Å². The van der Waals surface area contributed by atoms with Crippen molar-refractivity contribution in [3.8, 4) is 0 Å². The first-order chi connectivity index (χ1) is 11.7. The quantitative estimate of drug-likeness (QED) is 0.252. The third kappa shape index (κ3) is 13.2. The zero-order valence-electron chi connectivity index (χ0n) is 16.2. The second kappa shape index (κ2) is 13.5. The largest absolute Gasteiger partial charge is 0.481 e. The lowest BCUT2D eigenvalue weighted by Crippen LogP contribution is -2.23. The second-order valence-electron chi connectivity index (χ2n) is 6.97. The van der Waals surface area contributed by atoms with E-state index >= 15 is 0 Å². The van der Waals surface area contributed by atoms with Crippen molar-refractivity contribution in [3.63, 3.8) is 0 Å². The lowest BCUT2D eigenvalue weighted by molar-refractivity contribution is -0.154. The highest BCUT2D eigenvalue weighted by atomic mass is 16.4. The molecule has 2 N–H and O–H groups in total. The molecule has 0 saturated heterocycles. The predicted octanol–water partition coefficient (Wildman–Crippen LogP) is 5.75. The Morgan fingerprint density at radius 2 is 1.24 bits per heavy atom. The van der Waals surface area contributed by atoms with Gasteiger partial charge in [0.05, 0.1) is 0 Å². The van der Waals surface area contributed by atoms with E-state index in [-0.39, 0.29) is 6.42 Å². The van der Waals surface area contributed by atoms with Crippen molar-refractivity contribution >= 4 is 11.9 Å². The summed E-state index contributed by atoms with van der Waals surface area (Å²) in [6, 6.07) is 0. The second-order valence-corrected chi connectivity index (χ2v) is 6.97. The minimum atomic E-state index is -1.27. The molecule has 4 nitrogen and oxygen atoms in total. The average Bonchev–Trinajstić information content (AvgIpc) is 2.49. The van der Waals surface area contributed by atoms with Gasteiger partial charge in [0.25, 0.3) is 0 Å². The van der Waals surface area contributed by atoms with Crippen LogP contribution in [0.1, 0.15) is 79.1 Å². The van der Waals surface area contributed by atoms with Crippen LogP contribution in [0.25, 0.3) is 0 Å². The first-order valence-electron chi connectivity index (χ1n) is 9.14. The summed E-state index contributed by atoms with van der Waals surface area (Å²) < 4.78 is 0. The number of hydrogen-bond acceptors (Lipinski definition) is 2. The number of aliphatic carboxylic acids is 2. The number of carboxylic acids is 2. The fourth-order valence-electron chi connectivity index (χ4n) is 2.53. The molecular weight excluding hydrogens is 316 g/mol. The van der Waals surface area contributed by atoms with Crippen LogP contribution in [0.3, 0.4) is 0 Å². The highest BCUT2D eigenvalue weighted by Crippen LogP contribution is 2.14. The molecule has 0 rings (SSSR count). The molecule has 0 aliphatic heterocycles. The minimum absolute atomic E-state index is 0.200. The summed E-state index contributed by atoms with van der Waals surface area (Å²) >= 11 is 0. The molecule has 0 aromatic carbocycles. The highest BCUT2D eigenvalue weighted by Gasteiger charge is 2.24. The van der Waals surface area contributed by atoms with Crippen molar-refractivity contribution in [1.29, 1.82) is 0 Å². The molecule has 0 unspecified atom stereocenters. The van der Waals surface area contributed by atoms with E-state index in [1.54, 1.807) is 0 Å². The number of carboxylic acid groups (broad SMARTS) is 2. The molecule has 0 radical (unpaired) electrons. The Labute approximate surface area is 152 Å². The van der Waals surface area contributed by atoms with Crippen molar-refractivity contribution in [2.75, 3.05) is 0 Å². The van der Waals surface area contributed by atoms with Crippen molar-refractivity contribution < 1.29 is 19.8 Å². The van der Waals surface area contributed by atoms with Crippen LogP contribution in [0.5, 0.6) is 0 Å². The summed E-state index contributed by atoms with van der Waals surface area (Å²) in [5.74, 6) is -3.76. The number of hydrogen-bond donors (Lipinski definition) is 2. The van der Waals surface area contributed by atoms with Gasteiger partial charge in [0.15, 0.2) is 5.92 Å². The smallest absolute Gasteiger partial charge is 0.317 e. The van der Waals surface area contributed by atoms with Crippen LogP contribution in [0.2, 0.25) is 0 Å². The van der Waals surface area contributed by atoms with Gasteiger partial charge in [-0.1, -0.05) is 41.4 Å². The van der Waals surface area contributed by atoms with Gasteiger partial charge < -0.3 is 10.2 Å². The molecule has 0 fully saturated rings. The first-order valence-corrected chi connectivity index (χ1v) is 9.14. The van der Waals surface area contributed by atoms with Crippen molar-refractivity contribution in [2.45, 2.75) is 79.1 Å². The molecule has 0 bridgehead atoms. The maximum atomic E-state index is 10.8. The Balaban J connectivity index is 3.97.